The number of sulfonamides is 1. The first kappa shape index (κ1) is 17.5. The summed E-state index contributed by atoms with van der Waals surface area (Å²) in [5, 5.41) is 8.50. The van der Waals surface area contributed by atoms with Crippen molar-refractivity contribution in [1.29, 1.82) is 0 Å². The number of carboxylic acid groups (broad SMARTS) is 1. The lowest BCUT2D eigenvalue weighted by molar-refractivity contribution is -0.137. The van der Waals surface area contributed by atoms with Crippen molar-refractivity contribution < 1.29 is 27.1 Å². The van der Waals surface area contributed by atoms with Gasteiger partial charge >= 0.3 is 5.97 Å². The van der Waals surface area contributed by atoms with Gasteiger partial charge in [-0.05, 0) is 31.5 Å². The Hall–Kier alpha value is -1.54. The van der Waals surface area contributed by atoms with Crippen LogP contribution in [0.5, 0.6) is 0 Å². The molecule has 1 N–H and O–H groups in total. The molecule has 1 unspecified atom stereocenters. The van der Waals surface area contributed by atoms with Crippen molar-refractivity contribution in [2.24, 2.45) is 0 Å². The molecule has 0 aromatic heterocycles. The van der Waals surface area contributed by atoms with Gasteiger partial charge in [-0.3, -0.25) is 4.79 Å². The van der Waals surface area contributed by atoms with E-state index < -0.39 is 33.7 Å². The minimum Gasteiger partial charge on any atom is -0.481 e. The van der Waals surface area contributed by atoms with Gasteiger partial charge in [0.05, 0.1) is 5.75 Å². The second-order valence-corrected chi connectivity index (χ2v) is 6.82. The maximum atomic E-state index is 13.7. The van der Waals surface area contributed by atoms with E-state index in [0.717, 1.165) is 22.5 Å². The summed E-state index contributed by atoms with van der Waals surface area (Å²) >= 11 is 0. The van der Waals surface area contributed by atoms with Crippen molar-refractivity contribution in [2.75, 3.05) is 12.8 Å². The Morgan fingerprint density at radius 1 is 1.38 bits per heavy atom. The molecule has 0 aliphatic rings. The van der Waals surface area contributed by atoms with Crippen LogP contribution in [0.25, 0.3) is 0 Å². The molecular formula is C13H17F2NO4S. The van der Waals surface area contributed by atoms with Crippen LogP contribution in [-0.4, -0.2) is 36.6 Å². The summed E-state index contributed by atoms with van der Waals surface area (Å²) in [5.74, 6) is -2.81. The number of halogens is 2. The molecule has 0 spiro atoms. The molecule has 1 aromatic carbocycles. The Balaban J connectivity index is 2.88. The van der Waals surface area contributed by atoms with Crippen molar-refractivity contribution >= 4 is 16.0 Å². The van der Waals surface area contributed by atoms with E-state index in [1.807, 2.05) is 0 Å². The molecule has 0 saturated carbocycles. The number of aliphatic carboxylic acids is 1. The van der Waals surface area contributed by atoms with E-state index in [9.17, 15) is 22.0 Å². The third kappa shape index (κ3) is 4.75. The summed E-state index contributed by atoms with van der Waals surface area (Å²) < 4.78 is 51.8. The number of hydrogen-bond acceptors (Lipinski definition) is 3. The van der Waals surface area contributed by atoms with Gasteiger partial charge in [0.1, 0.15) is 11.6 Å². The maximum Gasteiger partial charge on any atom is 0.303 e. The van der Waals surface area contributed by atoms with Crippen LogP contribution in [0, 0.1) is 11.6 Å². The second-order valence-electron chi connectivity index (χ2n) is 4.67. The lowest BCUT2D eigenvalue weighted by atomic mass is 10.1. The van der Waals surface area contributed by atoms with Crippen molar-refractivity contribution in [3.05, 3.63) is 35.4 Å². The van der Waals surface area contributed by atoms with Crippen LogP contribution in [0.4, 0.5) is 8.78 Å². The van der Waals surface area contributed by atoms with Crippen LogP contribution in [0.2, 0.25) is 0 Å². The van der Waals surface area contributed by atoms with E-state index in [0.29, 0.717) is 0 Å². The van der Waals surface area contributed by atoms with E-state index in [1.165, 1.54) is 14.0 Å². The number of hydrogen-bond donors (Lipinski definition) is 1. The number of rotatable bonds is 7. The summed E-state index contributed by atoms with van der Waals surface area (Å²) in [6, 6.07) is 1.94. The predicted octanol–water partition coefficient (Wildman–Crippen LogP) is 2.15. The number of carboxylic acids is 1. The van der Waals surface area contributed by atoms with Crippen LogP contribution >= 0.6 is 0 Å². The minimum atomic E-state index is -3.75. The van der Waals surface area contributed by atoms with Gasteiger partial charge in [-0.25, -0.2) is 17.2 Å². The maximum absolute atomic E-state index is 13.7. The molecule has 0 fully saturated rings. The minimum absolute atomic E-state index is 0.0413. The molecule has 0 heterocycles. The monoisotopic (exact) mass is 321 g/mol. The fraction of sp³-hybridized carbons (Fsp3) is 0.462. The molecule has 0 saturated heterocycles. The van der Waals surface area contributed by atoms with E-state index in [2.05, 4.69) is 0 Å². The first-order chi connectivity index (χ1) is 9.65. The summed E-state index contributed by atoms with van der Waals surface area (Å²) in [7, 11) is -2.50. The Morgan fingerprint density at radius 3 is 2.57 bits per heavy atom. The Kier molecular flexibility index (Phi) is 5.79. The molecule has 1 atom stereocenters. The van der Waals surface area contributed by atoms with Crippen LogP contribution in [-0.2, 0) is 14.8 Å². The Labute approximate surface area is 122 Å². The second kappa shape index (κ2) is 6.95. The molecule has 118 valence electrons. The van der Waals surface area contributed by atoms with E-state index >= 15 is 0 Å². The molecule has 0 aliphatic heterocycles. The molecule has 0 amide bonds. The van der Waals surface area contributed by atoms with Crippen LogP contribution in [0.15, 0.2) is 18.2 Å². The van der Waals surface area contributed by atoms with Crippen LogP contribution in [0.1, 0.15) is 31.4 Å². The molecule has 1 aromatic rings. The lowest BCUT2D eigenvalue weighted by Crippen LogP contribution is -2.32. The van der Waals surface area contributed by atoms with Crippen LogP contribution < -0.4 is 0 Å². The molecule has 0 bridgehead atoms. The number of carbonyl (C=O) groups is 1. The Bertz CT molecular complexity index is 619. The highest BCUT2D eigenvalue weighted by Crippen LogP contribution is 2.25. The van der Waals surface area contributed by atoms with Gasteiger partial charge < -0.3 is 5.11 Å². The summed E-state index contributed by atoms with van der Waals surface area (Å²) in [6.07, 6.45) is -0.309. The number of benzene rings is 1. The van der Waals surface area contributed by atoms with E-state index in [4.69, 9.17) is 5.11 Å². The van der Waals surface area contributed by atoms with Crippen molar-refractivity contribution in [2.45, 2.75) is 25.8 Å². The smallest absolute Gasteiger partial charge is 0.303 e. The van der Waals surface area contributed by atoms with E-state index in [-0.39, 0.29) is 24.2 Å². The highest BCUT2D eigenvalue weighted by molar-refractivity contribution is 7.89. The molecule has 8 heteroatoms. The molecule has 5 nitrogen and oxygen atoms in total. The van der Waals surface area contributed by atoms with Crippen molar-refractivity contribution in [3.63, 3.8) is 0 Å². The summed E-state index contributed by atoms with van der Waals surface area (Å²) in [4.78, 5) is 10.4. The van der Waals surface area contributed by atoms with Crippen molar-refractivity contribution in [1.82, 2.24) is 4.31 Å². The molecule has 21 heavy (non-hydrogen) atoms. The fourth-order valence-electron chi connectivity index (χ4n) is 1.82. The lowest BCUT2D eigenvalue weighted by Gasteiger charge is -2.25. The SMILES string of the molecule is CC(c1cc(F)ccc1F)N(C)S(=O)(=O)CCCC(=O)O. The molecular weight excluding hydrogens is 304 g/mol. The fourth-order valence-corrected chi connectivity index (χ4v) is 3.21. The zero-order valence-electron chi connectivity index (χ0n) is 11.7. The standard InChI is InChI=1S/C13H17F2NO4S/c1-9(11-8-10(14)5-6-12(11)15)16(2)21(19,20)7-3-4-13(17)18/h5-6,8-9H,3-4,7H2,1-2H3,(H,17,18). The van der Waals surface area contributed by atoms with E-state index in [1.54, 1.807) is 0 Å². The first-order valence-electron chi connectivity index (χ1n) is 6.27. The van der Waals surface area contributed by atoms with Gasteiger partial charge in [0.15, 0.2) is 0 Å². The third-order valence-electron chi connectivity index (χ3n) is 3.19. The molecule has 1 rings (SSSR count). The highest BCUT2D eigenvalue weighted by Gasteiger charge is 2.26. The van der Waals surface area contributed by atoms with Gasteiger partial charge in [0.2, 0.25) is 10.0 Å². The van der Waals surface area contributed by atoms with Gasteiger partial charge in [-0.15, -0.1) is 0 Å². The van der Waals surface area contributed by atoms with Gasteiger partial charge in [-0.2, -0.15) is 4.31 Å². The predicted molar refractivity (Wildman–Crippen MR) is 73.2 cm³/mol. The first-order valence-corrected chi connectivity index (χ1v) is 7.88. The van der Waals surface area contributed by atoms with Gasteiger partial charge in [0.25, 0.3) is 0 Å². The highest BCUT2D eigenvalue weighted by atomic mass is 32.2. The zero-order valence-corrected chi connectivity index (χ0v) is 12.5. The topological polar surface area (TPSA) is 74.7 Å². The quantitative estimate of drug-likeness (QED) is 0.835. The van der Waals surface area contributed by atoms with Crippen molar-refractivity contribution in [3.8, 4) is 0 Å². The average Bonchev–Trinajstić information content (AvgIpc) is 2.39. The largest absolute Gasteiger partial charge is 0.481 e. The zero-order chi connectivity index (χ0) is 16.2. The normalized spacial score (nSPS) is 13.4. The molecule has 0 radical (unpaired) electrons. The molecule has 0 aliphatic carbocycles. The van der Waals surface area contributed by atoms with Gasteiger partial charge in [-0.1, -0.05) is 0 Å². The average molecular weight is 321 g/mol. The van der Waals surface area contributed by atoms with Crippen LogP contribution in [0.3, 0.4) is 0 Å². The number of nitrogens with zero attached hydrogens (tertiary/aromatic N) is 1. The third-order valence-corrected chi connectivity index (χ3v) is 5.18. The summed E-state index contributed by atoms with van der Waals surface area (Å²) in [5.41, 5.74) is -0.0701. The Morgan fingerprint density at radius 2 is 2.00 bits per heavy atom. The van der Waals surface area contributed by atoms with Gasteiger partial charge in [0, 0.05) is 25.1 Å². The summed E-state index contributed by atoms with van der Waals surface area (Å²) in [6.45, 7) is 1.44.